The topological polar surface area (TPSA) is 3.24 Å². The number of rotatable bonds is 2. The van der Waals surface area contributed by atoms with Gasteiger partial charge in [-0.3, -0.25) is 0 Å². The molecule has 3 aromatic carbocycles. The maximum Gasteiger partial charge on any atom is 0.0414 e. The second-order valence-electron chi connectivity index (χ2n) is 6.89. The first kappa shape index (κ1) is 14.6. The van der Waals surface area contributed by atoms with Gasteiger partial charge in [0, 0.05) is 18.4 Å². The van der Waals surface area contributed by atoms with Gasteiger partial charge in [0.05, 0.1) is 0 Å². The lowest BCUT2D eigenvalue weighted by atomic mass is 9.87. The van der Waals surface area contributed by atoms with E-state index < -0.39 is 0 Å². The summed E-state index contributed by atoms with van der Waals surface area (Å²) in [4.78, 5) is 2.24. The second kappa shape index (κ2) is 5.49. The standard InChI is InChI=1S/C21H23N/c1-21(2,3)18-10-13-19(14-11-18)22(4)20-12-9-16-7-5-6-8-17(16)15-20/h5-15H,1-4H3. The van der Waals surface area contributed by atoms with Gasteiger partial charge in [0.15, 0.2) is 0 Å². The van der Waals surface area contributed by atoms with Crippen LogP contribution in [0.15, 0.2) is 66.7 Å². The highest BCUT2D eigenvalue weighted by Crippen LogP contribution is 2.29. The molecule has 0 saturated heterocycles. The summed E-state index contributed by atoms with van der Waals surface area (Å²) in [7, 11) is 2.12. The van der Waals surface area contributed by atoms with Gasteiger partial charge in [-0.1, -0.05) is 63.2 Å². The number of anilines is 2. The lowest BCUT2D eigenvalue weighted by Gasteiger charge is -2.23. The average molecular weight is 289 g/mol. The predicted octanol–water partition coefficient (Wildman–Crippen LogP) is 5.91. The Hall–Kier alpha value is -2.28. The summed E-state index contributed by atoms with van der Waals surface area (Å²) in [5.41, 5.74) is 3.98. The molecule has 0 radical (unpaired) electrons. The minimum atomic E-state index is 0.194. The van der Waals surface area contributed by atoms with Gasteiger partial charge in [0.1, 0.15) is 0 Å². The van der Waals surface area contributed by atoms with Crippen LogP contribution >= 0.6 is 0 Å². The number of hydrogen-bond donors (Lipinski definition) is 0. The lowest BCUT2D eigenvalue weighted by molar-refractivity contribution is 0.590. The first-order valence-corrected chi connectivity index (χ1v) is 7.78. The molecule has 22 heavy (non-hydrogen) atoms. The van der Waals surface area contributed by atoms with Gasteiger partial charge in [-0.2, -0.15) is 0 Å². The van der Waals surface area contributed by atoms with Crippen LogP contribution in [0.25, 0.3) is 10.8 Å². The predicted molar refractivity (Wildman–Crippen MR) is 97.2 cm³/mol. The Morgan fingerprint density at radius 1 is 0.682 bits per heavy atom. The fourth-order valence-electron chi connectivity index (χ4n) is 2.72. The van der Waals surface area contributed by atoms with Crippen molar-refractivity contribution in [3.05, 3.63) is 72.3 Å². The normalized spacial score (nSPS) is 11.6. The third-order valence-electron chi connectivity index (χ3n) is 4.24. The van der Waals surface area contributed by atoms with Crippen LogP contribution in [0.1, 0.15) is 26.3 Å². The van der Waals surface area contributed by atoms with Crippen LogP contribution < -0.4 is 4.90 Å². The Bertz CT molecular complexity index is 779. The number of benzene rings is 3. The largest absolute Gasteiger partial charge is 0.345 e. The summed E-state index contributed by atoms with van der Waals surface area (Å²) in [6, 6.07) is 24.0. The van der Waals surface area contributed by atoms with Crippen LogP contribution in [0.4, 0.5) is 11.4 Å². The molecule has 3 aromatic rings. The average Bonchev–Trinajstić information content (AvgIpc) is 2.53. The van der Waals surface area contributed by atoms with Crippen molar-refractivity contribution >= 4 is 22.1 Å². The highest BCUT2D eigenvalue weighted by atomic mass is 15.1. The Kier molecular flexibility index (Phi) is 3.66. The molecule has 0 aliphatic rings. The molecule has 0 aliphatic carbocycles. The van der Waals surface area contributed by atoms with E-state index in [1.165, 1.54) is 27.7 Å². The maximum absolute atomic E-state index is 2.25. The van der Waals surface area contributed by atoms with Crippen molar-refractivity contribution < 1.29 is 0 Å². The second-order valence-corrected chi connectivity index (χ2v) is 6.89. The van der Waals surface area contributed by atoms with Crippen LogP contribution in [0.2, 0.25) is 0 Å². The van der Waals surface area contributed by atoms with Gasteiger partial charge in [-0.25, -0.2) is 0 Å². The van der Waals surface area contributed by atoms with Gasteiger partial charge in [0.2, 0.25) is 0 Å². The molecular weight excluding hydrogens is 266 g/mol. The molecule has 0 atom stereocenters. The molecule has 1 nitrogen and oxygen atoms in total. The highest BCUT2D eigenvalue weighted by molar-refractivity contribution is 5.86. The molecule has 0 aliphatic heterocycles. The van der Waals surface area contributed by atoms with Crippen molar-refractivity contribution in [3.63, 3.8) is 0 Å². The first-order valence-electron chi connectivity index (χ1n) is 7.78. The first-order chi connectivity index (χ1) is 10.4. The third-order valence-corrected chi connectivity index (χ3v) is 4.24. The summed E-state index contributed by atoms with van der Waals surface area (Å²) >= 11 is 0. The molecule has 0 saturated carbocycles. The summed E-state index contributed by atoms with van der Waals surface area (Å²) in [6.07, 6.45) is 0. The number of nitrogens with zero attached hydrogens (tertiary/aromatic N) is 1. The van der Waals surface area contributed by atoms with Crippen LogP contribution in [0.5, 0.6) is 0 Å². The minimum absolute atomic E-state index is 0.194. The monoisotopic (exact) mass is 289 g/mol. The van der Waals surface area contributed by atoms with Crippen molar-refractivity contribution in [2.24, 2.45) is 0 Å². The third kappa shape index (κ3) is 2.85. The molecule has 0 amide bonds. The van der Waals surface area contributed by atoms with E-state index in [1.54, 1.807) is 0 Å². The Morgan fingerprint density at radius 2 is 1.27 bits per heavy atom. The highest BCUT2D eigenvalue weighted by Gasteiger charge is 2.13. The van der Waals surface area contributed by atoms with Crippen molar-refractivity contribution in [1.29, 1.82) is 0 Å². The minimum Gasteiger partial charge on any atom is -0.345 e. The molecule has 3 rings (SSSR count). The molecule has 0 fully saturated rings. The van der Waals surface area contributed by atoms with Crippen LogP contribution in [-0.4, -0.2) is 7.05 Å². The Labute approximate surface area is 133 Å². The molecule has 0 unspecified atom stereocenters. The van der Waals surface area contributed by atoms with Gasteiger partial charge in [0.25, 0.3) is 0 Å². The lowest BCUT2D eigenvalue weighted by Crippen LogP contribution is -2.12. The fourth-order valence-corrected chi connectivity index (χ4v) is 2.72. The van der Waals surface area contributed by atoms with Gasteiger partial charge >= 0.3 is 0 Å². The Balaban J connectivity index is 1.93. The van der Waals surface area contributed by atoms with E-state index in [9.17, 15) is 0 Å². The van der Waals surface area contributed by atoms with Crippen molar-refractivity contribution in [2.75, 3.05) is 11.9 Å². The number of fused-ring (bicyclic) bond motifs is 1. The molecule has 0 N–H and O–H groups in total. The molecule has 112 valence electrons. The maximum atomic E-state index is 2.25. The molecule has 0 spiro atoms. The molecule has 0 bridgehead atoms. The van der Waals surface area contributed by atoms with Crippen molar-refractivity contribution in [1.82, 2.24) is 0 Å². The van der Waals surface area contributed by atoms with Crippen molar-refractivity contribution in [3.8, 4) is 0 Å². The number of hydrogen-bond acceptors (Lipinski definition) is 1. The van der Waals surface area contributed by atoms with Crippen molar-refractivity contribution in [2.45, 2.75) is 26.2 Å². The van der Waals surface area contributed by atoms with Gasteiger partial charge in [-0.15, -0.1) is 0 Å². The zero-order valence-electron chi connectivity index (χ0n) is 13.8. The van der Waals surface area contributed by atoms with Crippen LogP contribution in [0, 0.1) is 0 Å². The summed E-state index contributed by atoms with van der Waals surface area (Å²) in [6.45, 7) is 6.74. The molecule has 0 heterocycles. The van der Waals surface area contributed by atoms with Gasteiger partial charge in [-0.05, 0) is 46.0 Å². The van der Waals surface area contributed by atoms with E-state index in [0.29, 0.717) is 0 Å². The summed E-state index contributed by atoms with van der Waals surface area (Å²) < 4.78 is 0. The van der Waals surface area contributed by atoms with E-state index in [0.717, 1.165) is 0 Å². The zero-order valence-corrected chi connectivity index (χ0v) is 13.8. The smallest absolute Gasteiger partial charge is 0.0414 e. The summed E-state index contributed by atoms with van der Waals surface area (Å²) in [5, 5.41) is 2.56. The molecular formula is C21H23N. The van der Waals surface area contributed by atoms with Crippen LogP contribution in [-0.2, 0) is 5.41 Å². The SMILES string of the molecule is CN(c1ccc(C(C)(C)C)cc1)c1ccc2ccccc2c1. The van der Waals surface area contributed by atoms with E-state index in [1.807, 2.05) is 0 Å². The van der Waals surface area contributed by atoms with Crippen LogP contribution in [0.3, 0.4) is 0 Å². The van der Waals surface area contributed by atoms with E-state index in [-0.39, 0.29) is 5.41 Å². The quantitative estimate of drug-likeness (QED) is 0.567. The molecule has 1 heteroatoms. The molecule has 0 aromatic heterocycles. The Morgan fingerprint density at radius 3 is 1.91 bits per heavy atom. The zero-order chi connectivity index (χ0) is 15.7. The van der Waals surface area contributed by atoms with Gasteiger partial charge < -0.3 is 4.90 Å². The van der Waals surface area contributed by atoms with E-state index in [2.05, 4.69) is 99.4 Å². The van der Waals surface area contributed by atoms with E-state index in [4.69, 9.17) is 0 Å². The summed E-state index contributed by atoms with van der Waals surface area (Å²) in [5.74, 6) is 0. The fraction of sp³-hybridized carbons (Fsp3) is 0.238. The van der Waals surface area contributed by atoms with E-state index >= 15 is 0 Å².